The van der Waals surface area contributed by atoms with E-state index >= 15 is 0 Å². The van der Waals surface area contributed by atoms with Crippen molar-refractivity contribution in [2.45, 2.75) is 32.6 Å². The van der Waals surface area contributed by atoms with E-state index in [2.05, 4.69) is 39.0 Å². The van der Waals surface area contributed by atoms with Crippen molar-refractivity contribution in [1.82, 2.24) is 0 Å². The minimum Gasteiger partial charge on any atom is -0.481 e. The number of hydrogen-bond acceptors (Lipinski definition) is 3. The van der Waals surface area contributed by atoms with Crippen LogP contribution in [0.4, 0.5) is 0 Å². The van der Waals surface area contributed by atoms with Gasteiger partial charge in [-0.25, -0.2) is 0 Å². The van der Waals surface area contributed by atoms with Gasteiger partial charge in [0.2, 0.25) is 0 Å². The number of ether oxygens (including phenoxy) is 1. The Hall–Kier alpha value is -3.14. The van der Waals surface area contributed by atoms with Crippen LogP contribution in [0.3, 0.4) is 0 Å². The van der Waals surface area contributed by atoms with Crippen LogP contribution in [0.15, 0.2) is 60.7 Å². The van der Waals surface area contributed by atoms with Gasteiger partial charge in [0.1, 0.15) is 5.75 Å². The van der Waals surface area contributed by atoms with E-state index in [-0.39, 0.29) is 17.3 Å². The Morgan fingerprint density at radius 1 is 0.903 bits per heavy atom. The molecule has 0 radical (unpaired) electrons. The van der Waals surface area contributed by atoms with Crippen molar-refractivity contribution in [3.63, 3.8) is 0 Å². The summed E-state index contributed by atoms with van der Waals surface area (Å²) in [5, 5.41) is 13.5. The SMILES string of the molecule is CC(C)(C)c1ccc2c(OC(=O)C3C4C=CC(C4)C3C(=O)O)c3ccccc3cc2c1. The molecular weight excluding hydrogens is 388 g/mol. The van der Waals surface area contributed by atoms with E-state index in [4.69, 9.17) is 4.74 Å². The second kappa shape index (κ2) is 6.94. The van der Waals surface area contributed by atoms with E-state index in [0.717, 1.165) is 21.5 Å². The first-order valence-electron chi connectivity index (χ1n) is 10.8. The molecule has 0 aromatic heterocycles. The van der Waals surface area contributed by atoms with E-state index in [0.29, 0.717) is 12.2 Å². The van der Waals surface area contributed by atoms with E-state index < -0.39 is 23.8 Å². The average Bonchev–Trinajstić information content (AvgIpc) is 3.34. The van der Waals surface area contributed by atoms with Gasteiger partial charge in [-0.15, -0.1) is 0 Å². The number of rotatable bonds is 3. The van der Waals surface area contributed by atoms with Crippen molar-refractivity contribution in [1.29, 1.82) is 0 Å². The van der Waals surface area contributed by atoms with Crippen molar-refractivity contribution in [3.05, 3.63) is 66.2 Å². The number of aliphatic carboxylic acids is 1. The molecule has 3 aromatic carbocycles. The van der Waals surface area contributed by atoms with Crippen molar-refractivity contribution < 1.29 is 19.4 Å². The van der Waals surface area contributed by atoms with Gasteiger partial charge in [-0.3, -0.25) is 9.59 Å². The molecule has 4 unspecified atom stereocenters. The third-order valence-electron chi connectivity index (χ3n) is 6.90. The molecular formula is C27H26O4. The van der Waals surface area contributed by atoms with Crippen LogP contribution in [-0.2, 0) is 15.0 Å². The van der Waals surface area contributed by atoms with Crippen molar-refractivity contribution in [2.24, 2.45) is 23.7 Å². The molecule has 5 rings (SSSR count). The summed E-state index contributed by atoms with van der Waals surface area (Å²) in [6.07, 6.45) is 4.63. The first kappa shape index (κ1) is 19.8. The molecule has 31 heavy (non-hydrogen) atoms. The van der Waals surface area contributed by atoms with E-state index in [1.165, 1.54) is 5.56 Å². The van der Waals surface area contributed by atoms with Gasteiger partial charge in [0, 0.05) is 10.8 Å². The standard InChI is InChI=1S/C27H26O4/c1-27(2,3)19-10-11-21-18(14-19)12-15-6-4-5-7-20(15)24(21)31-26(30)23-17-9-8-16(13-17)22(23)25(28)29/h4-12,14,16-17,22-23H,13H2,1-3H3,(H,28,29). The Morgan fingerprint density at radius 3 is 2.29 bits per heavy atom. The normalized spacial score (nSPS) is 24.7. The molecule has 0 aliphatic heterocycles. The molecule has 0 saturated heterocycles. The smallest absolute Gasteiger partial charge is 0.315 e. The highest BCUT2D eigenvalue weighted by atomic mass is 16.5. The first-order valence-corrected chi connectivity index (χ1v) is 10.8. The van der Waals surface area contributed by atoms with Crippen molar-refractivity contribution in [2.75, 3.05) is 0 Å². The maximum Gasteiger partial charge on any atom is 0.315 e. The molecule has 1 fully saturated rings. The van der Waals surface area contributed by atoms with Crippen LogP contribution in [0.5, 0.6) is 5.75 Å². The molecule has 4 nitrogen and oxygen atoms in total. The van der Waals surface area contributed by atoms with Crippen molar-refractivity contribution >= 4 is 33.5 Å². The van der Waals surface area contributed by atoms with Crippen LogP contribution in [-0.4, -0.2) is 17.0 Å². The maximum absolute atomic E-state index is 13.3. The van der Waals surface area contributed by atoms with E-state index in [1.807, 2.05) is 42.5 Å². The fraction of sp³-hybridized carbons (Fsp3) is 0.333. The van der Waals surface area contributed by atoms with Gasteiger partial charge in [-0.05, 0) is 46.1 Å². The monoisotopic (exact) mass is 414 g/mol. The molecule has 1 saturated carbocycles. The summed E-state index contributed by atoms with van der Waals surface area (Å²) in [6.45, 7) is 6.51. The van der Waals surface area contributed by atoms with E-state index in [9.17, 15) is 14.7 Å². The van der Waals surface area contributed by atoms with Crippen LogP contribution in [0.1, 0.15) is 32.8 Å². The molecule has 4 heteroatoms. The zero-order chi connectivity index (χ0) is 21.9. The highest BCUT2D eigenvalue weighted by Crippen LogP contribution is 2.49. The van der Waals surface area contributed by atoms with Gasteiger partial charge in [-0.2, -0.15) is 0 Å². The summed E-state index contributed by atoms with van der Waals surface area (Å²) < 4.78 is 6.05. The summed E-state index contributed by atoms with van der Waals surface area (Å²) in [5.74, 6) is -2.34. The highest BCUT2D eigenvalue weighted by Gasteiger charge is 2.52. The lowest BCUT2D eigenvalue weighted by Crippen LogP contribution is -2.35. The van der Waals surface area contributed by atoms with E-state index in [1.54, 1.807) is 0 Å². The molecule has 158 valence electrons. The van der Waals surface area contributed by atoms with Crippen molar-refractivity contribution in [3.8, 4) is 5.75 Å². The Kier molecular flexibility index (Phi) is 4.44. The maximum atomic E-state index is 13.3. The summed E-state index contributed by atoms with van der Waals surface area (Å²) in [5.41, 5.74) is 1.21. The van der Waals surface area contributed by atoms with Gasteiger partial charge in [0.05, 0.1) is 11.8 Å². The lowest BCUT2D eigenvalue weighted by Gasteiger charge is -2.24. The van der Waals surface area contributed by atoms with Crippen LogP contribution < -0.4 is 4.74 Å². The molecule has 3 aromatic rings. The number of allylic oxidation sites excluding steroid dienone is 2. The van der Waals surface area contributed by atoms with Gasteiger partial charge < -0.3 is 9.84 Å². The molecule has 0 amide bonds. The van der Waals surface area contributed by atoms with Gasteiger partial charge in [0.25, 0.3) is 0 Å². The van der Waals surface area contributed by atoms with Gasteiger partial charge in [-0.1, -0.05) is 75.4 Å². The number of carbonyl (C=O) groups excluding carboxylic acids is 1. The topological polar surface area (TPSA) is 63.6 Å². The Labute approximate surface area is 181 Å². The molecule has 0 spiro atoms. The Bertz CT molecular complexity index is 1250. The predicted molar refractivity (Wildman–Crippen MR) is 121 cm³/mol. The fourth-order valence-electron chi connectivity index (χ4n) is 5.26. The number of carboxylic acids is 1. The summed E-state index contributed by atoms with van der Waals surface area (Å²) in [6, 6.07) is 16.2. The summed E-state index contributed by atoms with van der Waals surface area (Å²) in [4.78, 5) is 25.2. The second-order valence-corrected chi connectivity index (χ2v) is 9.87. The minimum absolute atomic E-state index is 0.000795. The first-order chi connectivity index (χ1) is 14.7. The van der Waals surface area contributed by atoms with Crippen LogP contribution in [0, 0.1) is 23.7 Å². The quantitative estimate of drug-likeness (QED) is 0.258. The van der Waals surface area contributed by atoms with Gasteiger partial charge >= 0.3 is 11.9 Å². The summed E-state index contributed by atoms with van der Waals surface area (Å²) >= 11 is 0. The second-order valence-electron chi connectivity index (χ2n) is 9.87. The Balaban J connectivity index is 1.62. The molecule has 2 aliphatic rings. The lowest BCUT2D eigenvalue weighted by atomic mass is 9.83. The zero-order valence-electron chi connectivity index (χ0n) is 18.0. The largest absolute Gasteiger partial charge is 0.481 e. The predicted octanol–water partition coefficient (Wildman–Crippen LogP) is 5.72. The zero-order valence-corrected chi connectivity index (χ0v) is 18.0. The minimum atomic E-state index is -0.920. The molecule has 0 heterocycles. The fourth-order valence-corrected chi connectivity index (χ4v) is 5.26. The number of benzene rings is 3. The Morgan fingerprint density at radius 2 is 1.58 bits per heavy atom. The van der Waals surface area contributed by atoms with Gasteiger partial charge in [0.15, 0.2) is 0 Å². The summed E-state index contributed by atoms with van der Waals surface area (Å²) in [7, 11) is 0. The number of fused-ring (bicyclic) bond motifs is 4. The highest BCUT2D eigenvalue weighted by molar-refractivity contribution is 6.07. The number of carbonyl (C=O) groups is 2. The molecule has 1 N–H and O–H groups in total. The average molecular weight is 415 g/mol. The number of carboxylic acid groups (broad SMARTS) is 1. The third kappa shape index (κ3) is 3.21. The third-order valence-corrected chi connectivity index (χ3v) is 6.90. The molecule has 4 atom stereocenters. The van der Waals surface area contributed by atoms with Crippen LogP contribution >= 0.6 is 0 Å². The number of hydrogen-bond donors (Lipinski definition) is 1. The number of esters is 1. The van der Waals surface area contributed by atoms with Crippen LogP contribution in [0.2, 0.25) is 0 Å². The molecule has 2 bridgehead atoms. The lowest BCUT2D eigenvalue weighted by molar-refractivity contribution is -0.152. The molecule has 2 aliphatic carbocycles. The van der Waals surface area contributed by atoms with Crippen LogP contribution in [0.25, 0.3) is 21.5 Å².